The molecule has 5 heteroatoms. The van der Waals surface area contributed by atoms with Crippen LogP contribution in [0.15, 0.2) is 30.3 Å². The van der Waals surface area contributed by atoms with Crippen molar-refractivity contribution in [2.75, 3.05) is 26.1 Å². The van der Waals surface area contributed by atoms with E-state index in [0.29, 0.717) is 24.3 Å². The van der Waals surface area contributed by atoms with E-state index in [1.165, 1.54) is 11.4 Å². The largest absolute Gasteiger partial charge is 0.382 e. The van der Waals surface area contributed by atoms with E-state index in [0.717, 1.165) is 0 Å². The first-order chi connectivity index (χ1) is 8.23. The highest BCUT2D eigenvalue weighted by atomic mass is 32.7. The van der Waals surface area contributed by atoms with Crippen molar-refractivity contribution in [3.63, 3.8) is 0 Å². The van der Waals surface area contributed by atoms with Crippen LogP contribution in [0.2, 0.25) is 0 Å². The van der Waals surface area contributed by atoms with Crippen LogP contribution in [0.1, 0.15) is 0 Å². The fourth-order valence-electron chi connectivity index (χ4n) is 1.16. The molecule has 0 saturated carbocycles. The van der Waals surface area contributed by atoms with Crippen molar-refractivity contribution in [2.45, 2.75) is 0 Å². The summed E-state index contributed by atoms with van der Waals surface area (Å²) in [6.45, 7) is -2.22. The van der Waals surface area contributed by atoms with Crippen molar-refractivity contribution in [1.29, 1.82) is 0 Å². The number of ether oxygens (including phenoxy) is 1. The van der Waals surface area contributed by atoms with E-state index in [4.69, 9.17) is 15.7 Å². The predicted octanol–water partition coefficient (Wildman–Crippen LogP) is 2.53. The maximum Gasteiger partial charge on any atom is 0.288 e. The van der Waals surface area contributed by atoms with Gasteiger partial charge in [-0.2, -0.15) is 0 Å². The molecule has 0 aliphatic rings. The highest BCUT2D eigenvalue weighted by Crippen LogP contribution is 2.58. The van der Waals surface area contributed by atoms with Gasteiger partial charge in [0.25, 0.3) is 6.57 Å². The maximum atomic E-state index is 12.6. The second kappa shape index (κ2) is 7.58. The van der Waals surface area contributed by atoms with Gasteiger partial charge in [0, 0.05) is 12.4 Å². The third kappa shape index (κ3) is 4.57. The van der Waals surface area contributed by atoms with Gasteiger partial charge < -0.3 is 9.26 Å². The lowest BCUT2D eigenvalue weighted by Gasteiger charge is -2.16. The van der Waals surface area contributed by atoms with Gasteiger partial charge in [-0.05, 0) is 12.1 Å². The summed E-state index contributed by atoms with van der Waals surface area (Å²) in [5.74, 6) is 2.82. The van der Waals surface area contributed by atoms with Gasteiger partial charge in [0.15, 0.2) is 0 Å². The molecule has 0 aromatic heterocycles. The van der Waals surface area contributed by atoms with E-state index >= 15 is 0 Å². The average molecular weight is 270 g/mol. The molecule has 0 amide bonds. The summed E-state index contributed by atoms with van der Waals surface area (Å²) >= 11 is 1.17. The molecule has 0 heterocycles. The molecule has 0 radical (unpaired) electrons. The first-order valence-corrected chi connectivity index (χ1v) is 8.31. The molecule has 1 aromatic rings. The Morgan fingerprint density at radius 2 is 2.06 bits per heavy atom. The number of hydrogen-bond acceptors (Lipinski definition) is 4. The van der Waals surface area contributed by atoms with Crippen LogP contribution in [0, 0.1) is 12.3 Å². The minimum Gasteiger partial charge on any atom is -0.382 e. The summed E-state index contributed by atoms with van der Waals surface area (Å²) in [6, 6.07) is 9.11. The van der Waals surface area contributed by atoms with Crippen LogP contribution in [-0.4, -0.2) is 26.1 Å². The van der Waals surface area contributed by atoms with E-state index in [1.54, 1.807) is 19.2 Å². The van der Waals surface area contributed by atoms with Crippen molar-refractivity contribution in [3.05, 3.63) is 30.3 Å². The highest BCUT2D eigenvalue weighted by molar-refractivity contribution is 8.58. The van der Waals surface area contributed by atoms with Gasteiger partial charge in [-0.25, -0.2) is 0 Å². The molecule has 0 fully saturated rings. The van der Waals surface area contributed by atoms with Gasteiger partial charge in [0.2, 0.25) is 0 Å². The molecule has 0 saturated heterocycles. The quantitative estimate of drug-likeness (QED) is 0.433. The first-order valence-electron chi connectivity index (χ1n) is 5.10. The van der Waals surface area contributed by atoms with Gasteiger partial charge >= 0.3 is 0 Å². The van der Waals surface area contributed by atoms with E-state index < -0.39 is 6.57 Å². The zero-order chi connectivity index (χ0) is 12.6. The Kier molecular flexibility index (Phi) is 6.39. The van der Waals surface area contributed by atoms with Gasteiger partial charge in [0.1, 0.15) is 0 Å². The molecule has 1 aromatic carbocycles. The van der Waals surface area contributed by atoms with Crippen LogP contribution in [0.25, 0.3) is 0 Å². The minimum absolute atomic E-state index is 0.292. The topological polar surface area (TPSA) is 35.5 Å². The van der Waals surface area contributed by atoms with E-state index in [2.05, 4.69) is 5.92 Å². The number of rotatable bonds is 7. The summed E-state index contributed by atoms with van der Waals surface area (Å²) in [5.41, 5.74) is 0. The Hall–Kier alpha value is -0.720. The van der Waals surface area contributed by atoms with E-state index in [1.807, 2.05) is 18.2 Å². The number of terminal acetylenes is 1. The van der Waals surface area contributed by atoms with Crippen molar-refractivity contribution in [3.8, 4) is 12.3 Å². The van der Waals surface area contributed by atoms with E-state index in [-0.39, 0.29) is 0 Å². The molecule has 1 atom stereocenters. The van der Waals surface area contributed by atoms with E-state index in [9.17, 15) is 4.57 Å². The third-order valence-electron chi connectivity index (χ3n) is 1.94. The summed E-state index contributed by atoms with van der Waals surface area (Å²) in [7, 11) is 1.57. The molecule has 1 unspecified atom stereocenters. The highest BCUT2D eigenvalue weighted by Gasteiger charge is 2.26. The lowest BCUT2D eigenvalue weighted by atomic mass is 10.4. The fourth-order valence-corrected chi connectivity index (χ4v) is 4.62. The van der Waals surface area contributed by atoms with Crippen LogP contribution < -0.4 is 5.30 Å². The van der Waals surface area contributed by atoms with Crippen LogP contribution >= 0.6 is 18.0 Å². The summed E-state index contributed by atoms with van der Waals surface area (Å²) in [4.78, 5) is 0. The predicted molar refractivity (Wildman–Crippen MR) is 72.8 cm³/mol. The molecule has 92 valence electrons. The molecule has 0 N–H and O–H groups in total. The normalized spacial score (nSPS) is 13.9. The zero-order valence-electron chi connectivity index (χ0n) is 9.67. The lowest BCUT2D eigenvalue weighted by Crippen LogP contribution is -2.08. The number of hydrogen-bond donors (Lipinski definition) is 0. The van der Waals surface area contributed by atoms with Crippen molar-refractivity contribution >= 4 is 23.3 Å². The van der Waals surface area contributed by atoms with Gasteiger partial charge in [-0.3, -0.25) is 4.57 Å². The third-order valence-corrected chi connectivity index (χ3v) is 6.38. The van der Waals surface area contributed by atoms with Gasteiger partial charge in [0.05, 0.1) is 19.0 Å². The molecule has 3 nitrogen and oxygen atoms in total. The fraction of sp³-hybridized carbons (Fsp3) is 0.333. The molecule has 0 bridgehead atoms. The first kappa shape index (κ1) is 14.3. The summed E-state index contributed by atoms with van der Waals surface area (Å²) in [6.07, 6.45) is 5.20. The van der Waals surface area contributed by atoms with Crippen LogP contribution in [0.5, 0.6) is 0 Å². The maximum absolute atomic E-state index is 12.6. The van der Waals surface area contributed by atoms with Gasteiger partial charge in [-0.15, -0.1) is 6.42 Å². The number of methoxy groups -OCH3 is 1. The Morgan fingerprint density at radius 1 is 1.35 bits per heavy atom. The van der Waals surface area contributed by atoms with Crippen LogP contribution in [0.3, 0.4) is 0 Å². The monoisotopic (exact) mass is 270 g/mol. The van der Waals surface area contributed by atoms with Crippen LogP contribution in [-0.2, 0) is 13.8 Å². The zero-order valence-corrected chi connectivity index (χ0v) is 11.4. The van der Waals surface area contributed by atoms with Crippen molar-refractivity contribution in [1.82, 2.24) is 0 Å². The molecule has 1 rings (SSSR count). The van der Waals surface area contributed by atoms with Gasteiger partial charge in [-0.1, -0.05) is 35.5 Å². The minimum atomic E-state index is -2.92. The molecule has 0 spiro atoms. The Balaban J connectivity index is 2.79. The second-order valence-corrected chi connectivity index (χ2v) is 7.67. The Bertz CT molecular complexity index is 414. The Labute approximate surface area is 106 Å². The second-order valence-electron chi connectivity index (χ2n) is 3.14. The van der Waals surface area contributed by atoms with Crippen molar-refractivity contribution < 1.29 is 13.8 Å². The molecule has 0 aliphatic carbocycles. The summed E-state index contributed by atoms with van der Waals surface area (Å²) in [5, 5.41) is 0.677. The molecular weight excluding hydrogens is 255 g/mol. The SMILES string of the molecule is C#CCSP(=O)(OCCOC)c1ccccc1. The smallest absolute Gasteiger partial charge is 0.288 e. The van der Waals surface area contributed by atoms with Crippen LogP contribution in [0.4, 0.5) is 0 Å². The lowest BCUT2D eigenvalue weighted by molar-refractivity contribution is 0.150. The molecular formula is C12H15O3PS. The molecule has 0 aliphatic heterocycles. The number of benzene rings is 1. The standard InChI is InChI=1S/C12H15O3PS/c1-3-11-17-16(13,15-10-9-14-2)12-7-5-4-6-8-12/h1,4-8H,9-11H2,2H3. The van der Waals surface area contributed by atoms with Crippen molar-refractivity contribution in [2.24, 2.45) is 0 Å². The molecule has 17 heavy (non-hydrogen) atoms. The Morgan fingerprint density at radius 3 is 2.65 bits per heavy atom. The average Bonchev–Trinajstić information content (AvgIpc) is 2.38. The summed E-state index contributed by atoms with van der Waals surface area (Å²) < 4.78 is 23.0.